The van der Waals surface area contributed by atoms with Crippen molar-refractivity contribution >= 4 is 16.9 Å². The van der Waals surface area contributed by atoms with E-state index in [9.17, 15) is 4.79 Å². The summed E-state index contributed by atoms with van der Waals surface area (Å²) in [6, 6.07) is 8.28. The largest absolute Gasteiger partial charge is 0.379 e. The Morgan fingerprint density at radius 2 is 2.00 bits per heavy atom. The number of para-hydroxylation sites is 2. The van der Waals surface area contributed by atoms with Crippen LogP contribution in [0, 0.1) is 0 Å². The zero-order valence-corrected chi connectivity index (χ0v) is 14.1. The molecule has 2 aliphatic rings. The van der Waals surface area contributed by atoms with Crippen LogP contribution in [0.4, 0.5) is 0 Å². The van der Waals surface area contributed by atoms with Gasteiger partial charge in [-0.05, 0) is 12.1 Å². The molecular weight excluding hydrogens is 304 g/mol. The van der Waals surface area contributed by atoms with Crippen LogP contribution in [0.1, 0.15) is 18.2 Å². The molecule has 6 nitrogen and oxygen atoms in total. The Kier molecular flexibility index (Phi) is 4.24. The zero-order chi connectivity index (χ0) is 16.5. The smallest absolute Gasteiger partial charge is 0.223 e. The fourth-order valence-electron chi connectivity index (χ4n) is 3.74. The van der Waals surface area contributed by atoms with Crippen LogP contribution in [0.15, 0.2) is 24.3 Å². The predicted octanol–water partition coefficient (Wildman–Crippen LogP) is 1.31. The Bertz CT molecular complexity index is 736. The molecule has 0 spiro atoms. The third-order valence-corrected chi connectivity index (χ3v) is 5.13. The minimum absolute atomic E-state index is 0.194. The molecule has 2 saturated heterocycles. The van der Waals surface area contributed by atoms with Crippen molar-refractivity contribution < 1.29 is 9.53 Å². The first-order valence-corrected chi connectivity index (χ1v) is 8.71. The molecular formula is C18H24N4O2. The summed E-state index contributed by atoms with van der Waals surface area (Å²) >= 11 is 0. The monoisotopic (exact) mass is 328 g/mol. The van der Waals surface area contributed by atoms with Gasteiger partial charge in [0.25, 0.3) is 0 Å². The summed E-state index contributed by atoms with van der Waals surface area (Å²) in [6.45, 7) is 6.29. The van der Waals surface area contributed by atoms with Crippen LogP contribution in [0.25, 0.3) is 11.0 Å². The molecule has 128 valence electrons. The third kappa shape index (κ3) is 2.91. The van der Waals surface area contributed by atoms with Crippen molar-refractivity contribution in [3.05, 3.63) is 30.1 Å². The van der Waals surface area contributed by atoms with E-state index in [-0.39, 0.29) is 11.8 Å². The van der Waals surface area contributed by atoms with Gasteiger partial charge in [-0.25, -0.2) is 4.98 Å². The lowest BCUT2D eigenvalue weighted by atomic mass is 10.1. The van der Waals surface area contributed by atoms with Crippen molar-refractivity contribution in [2.45, 2.75) is 18.9 Å². The topological polar surface area (TPSA) is 50.6 Å². The molecule has 0 N–H and O–H groups in total. The number of benzene rings is 1. The second kappa shape index (κ2) is 6.53. The number of ether oxygens (including phenoxy) is 1. The minimum Gasteiger partial charge on any atom is -0.379 e. The van der Waals surface area contributed by atoms with Crippen LogP contribution in [-0.2, 0) is 16.1 Å². The molecule has 6 heteroatoms. The lowest BCUT2D eigenvalue weighted by Crippen LogP contribution is -2.38. The molecule has 24 heavy (non-hydrogen) atoms. The van der Waals surface area contributed by atoms with Gasteiger partial charge < -0.3 is 14.2 Å². The fraction of sp³-hybridized carbons (Fsp3) is 0.556. The van der Waals surface area contributed by atoms with Crippen molar-refractivity contribution in [1.29, 1.82) is 0 Å². The summed E-state index contributed by atoms with van der Waals surface area (Å²) in [6.07, 6.45) is 0.567. The molecule has 3 heterocycles. The van der Waals surface area contributed by atoms with Crippen molar-refractivity contribution in [2.75, 3.05) is 46.4 Å². The zero-order valence-electron chi connectivity index (χ0n) is 14.1. The Balaban J connectivity index is 1.61. The normalized spacial score (nSPS) is 22.6. The van der Waals surface area contributed by atoms with Gasteiger partial charge >= 0.3 is 0 Å². The maximum atomic E-state index is 12.0. The van der Waals surface area contributed by atoms with Crippen molar-refractivity contribution in [1.82, 2.24) is 19.4 Å². The molecule has 1 aromatic carbocycles. The Morgan fingerprint density at radius 3 is 2.75 bits per heavy atom. The molecule has 0 saturated carbocycles. The Morgan fingerprint density at radius 1 is 1.21 bits per heavy atom. The highest BCUT2D eigenvalue weighted by Gasteiger charge is 2.31. The van der Waals surface area contributed by atoms with Crippen LogP contribution in [0.5, 0.6) is 0 Å². The number of aromatic nitrogens is 2. The van der Waals surface area contributed by atoms with E-state index in [1.807, 2.05) is 18.0 Å². The first-order chi connectivity index (χ1) is 11.7. The summed E-state index contributed by atoms with van der Waals surface area (Å²) in [7, 11) is 1.88. The predicted molar refractivity (Wildman–Crippen MR) is 92.0 cm³/mol. The maximum Gasteiger partial charge on any atom is 0.223 e. The van der Waals surface area contributed by atoms with Crippen LogP contribution < -0.4 is 0 Å². The van der Waals surface area contributed by atoms with E-state index < -0.39 is 0 Å². The number of morpholine rings is 1. The molecule has 0 aliphatic carbocycles. The minimum atomic E-state index is 0.194. The number of rotatable bonds is 4. The van der Waals surface area contributed by atoms with Gasteiger partial charge in [0.05, 0.1) is 24.2 Å². The van der Waals surface area contributed by atoms with Crippen molar-refractivity contribution in [3.63, 3.8) is 0 Å². The lowest BCUT2D eigenvalue weighted by molar-refractivity contribution is -0.126. The van der Waals surface area contributed by atoms with Crippen molar-refractivity contribution in [3.8, 4) is 0 Å². The fourth-order valence-corrected chi connectivity index (χ4v) is 3.74. The van der Waals surface area contributed by atoms with Gasteiger partial charge in [0.2, 0.25) is 5.91 Å². The average Bonchev–Trinajstić information content (AvgIpc) is 3.14. The summed E-state index contributed by atoms with van der Waals surface area (Å²) in [5.74, 6) is 1.47. The Hall–Kier alpha value is -1.92. The quantitative estimate of drug-likeness (QED) is 0.849. The molecule has 2 aliphatic heterocycles. The van der Waals surface area contributed by atoms with E-state index in [4.69, 9.17) is 9.72 Å². The summed E-state index contributed by atoms with van der Waals surface area (Å²) < 4.78 is 7.75. The number of likely N-dealkylation sites (N-methyl/N-ethyl adjacent to an activating group) is 1. The van der Waals surface area contributed by atoms with Gasteiger partial charge in [-0.2, -0.15) is 0 Å². The maximum absolute atomic E-state index is 12.0. The van der Waals surface area contributed by atoms with E-state index >= 15 is 0 Å². The molecule has 1 atom stereocenters. The number of nitrogens with zero attached hydrogens (tertiary/aromatic N) is 4. The molecule has 2 fully saturated rings. The molecule has 1 aromatic heterocycles. The second-order valence-corrected chi connectivity index (χ2v) is 6.74. The number of likely N-dealkylation sites (tertiary alicyclic amines) is 1. The van der Waals surface area contributed by atoms with Crippen LogP contribution in [-0.4, -0.2) is 71.7 Å². The molecule has 0 bridgehead atoms. The lowest BCUT2D eigenvalue weighted by Gasteiger charge is -2.27. The average molecular weight is 328 g/mol. The highest BCUT2D eigenvalue weighted by molar-refractivity contribution is 5.80. The van der Waals surface area contributed by atoms with E-state index in [0.717, 1.165) is 57.3 Å². The second-order valence-electron chi connectivity index (χ2n) is 6.74. The van der Waals surface area contributed by atoms with E-state index in [2.05, 4.69) is 27.7 Å². The molecule has 0 radical (unpaired) electrons. The number of carbonyl (C=O) groups excluding carboxylic acids is 1. The molecule has 2 aromatic rings. The van der Waals surface area contributed by atoms with E-state index in [0.29, 0.717) is 6.42 Å². The summed E-state index contributed by atoms with van der Waals surface area (Å²) in [4.78, 5) is 21.1. The van der Waals surface area contributed by atoms with Crippen LogP contribution in [0.3, 0.4) is 0 Å². The number of hydrogen-bond donors (Lipinski definition) is 0. The SMILES string of the molecule is CN1C[C@H](c2nc3ccccc3n2CCN2CCOCC2)CC1=O. The van der Waals surface area contributed by atoms with Crippen molar-refractivity contribution in [2.24, 2.45) is 0 Å². The van der Waals surface area contributed by atoms with E-state index in [1.54, 1.807) is 0 Å². The number of fused-ring (bicyclic) bond motifs is 1. The van der Waals surface area contributed by atoms with Gasteiger partial charge in [-0.1, -0.05) is 12.1 Å². The number of hydrogen-bond acceptors (Lipinski definition) is 4. The standard InChI is InChI=1S/C18H24N4O2/c1-20-13-14(12-17(20)23)18-19-15-4-2-3-5-16(15)22(18)7-6-21-8-10-24-11-9-21/h2-5,14H,6-13H2,1H3/t14-/m1/s1. The number of amides is 1. The first kappa shape index (κ1) is 15.6. The molecule has 1 amide bonds. The highest BCUT2D eigenvalue weighted by atomic mass is 16.5. The summed E-state index contributed by atoms with van der Waals surface area (Å²) in [5.41, 5.74) is 2.19. The van der Waals surface area contributed by atoms with Crippen LogP contribution in [0.2, 0.25) is 0 Å². The molecule has 4 rings (SSSR count). The van der Waals surface area contributed by atoms with Gasteiger partial charge in [0.1, 0.15) is 5.82 Å². The summed E-state index contributed by atoms with van der Waals surface area (Å²) in [5, 5.41) is 0. The van der Waals surface area contributed by atoms with Gasteiger partial charge in [-0.3, -0.25) is 9.69 Å². The van der Waals surface area contributed by atoms with Gasteiger partial charge in [0.15, 0.2) is 0 Å². The molecule has 0 unspecified atom stereocenters. The van der Waals surface area contributed by atoms with Crippen LogP contribution >= 0.6 is 0 Å². The highest BCUT2D eigenvalue weighted by Crippen LogP contribution is 2.29. The first-order valence-electron chi connectivity index (χ1n) is 8.71. The van der Waals surface area contributed by atoms with Gasteiger partial charge in [0, 0.05) is 52.1 Å². The number of carbonyl (C=O) groups is 1. The third-order valence-electron chi connectivity index (χ3n) is 5.13. The van der Waals surface area contributed by atoms with Gasteiger partial charge in [-0.15, -0.1) is 0 Å². The van der Waals surface area contributed by atoms with E-state index in [1.165, 1.54) is 5.52 Å². The Labute approximate surface area is 142 Å². The number of imidazole rings is 1.